The van der Waals surface area contributed by atoms with Crippen LogP contribution in [0.2, 0.25) is 0 Å². The summed E-state index contributed by atoms with van der Waals surface area (Å²) in [5.74, 6) is 1.61. The SMILES string of the molecule is CCONC(=O)C1CSCN1. The van der Waals surface area contributed by atoms with Gasteiger partial charge in [-0.1, -0.05) is 0 Å². The van der Waals surface area contributed by atoms with Crippen LogP contribution in [0.15, 0.2) is 0 Å². The lowest BCUT2D eigenvalue weighted by Gasteiger charge is -2.08. The van der Waals surface area contributed by atoms with Gasteiger partial charge in [-0.25, -0.2) is 5.48 Å². The van der Waals surface area contributed by atoms with Crippen molar-refractivity contribution in [1.29, 1.82) is 0 Å². The van der Waals surface area contributed by atoms with Gasteiger partial charge in [-0.05, 0) is 6.92 Å². The predicted molar refractivity (Wildman–Crippen MR) is 44.0 cm³/mol. The number of rotatable bonds is 3. The zero-order valence-electron chi connectivity index (χ0n) is 6.42. The number of hydroxylamine groups is 1. The molecule has 5 heteroatoms. The first-order valence-electron chi connectivity index (χ1n) is 3.57. The van der Waals surface area contributed by atoms with E-state index in [4.69, 9.17) is 4.84 Å². The number of thioether (sulfide) groups is 1. The van der Waals surface area contributed by atoms with Crippen LogP contribution in [0.1, 0.15) is 6.92 Å². The van der Waals surface area contributed by atoms with E-state index in [-0.39, 0.29) is 11.9 Å². The van der Waals surface area contributed by atoms with E-state index in [2.05, 4.69) is 10.8 Å². The lowest BCUT2D eigenvalue weighted by Crippen LogP contribution is -2.41. The van der Waals surface area contributed by atoms with Crippen molar-refractivity contribution in [3.05, 3.63) is 0 Å². The highest BCUT2D eigenvalue weighted by atomic mass is 32.2. The summed E-state index contributed by atoms with van der Waals surface area (Å²) < 4.78 is 0. The Kier molecular flexibility index (Phi) is 3.68. The maximum Gasteiger partial charge on any atom is 0.261 e. The van der Waals surface area contributed by atoms with Crippen LogP contribution in [0.3, 0.4) is 0 Å². The average Bonchev–Trinajstić information content (AvgIpc) is 2.52. The van der Waals surface area contributed by atoms with Crippen LogP contribution in [-0.2, 0) is 9.63 Å². The lowest BCUT2D eigenvalue weighted by atomic mass is 10.3. The molecule has 1 aliphatic rings. The molecule has 1 amide bonds. The molecule has 0 bridgehead atoms. The Bertz CT molecular complexity index is 137. The molecule has 1 aliphatic heterocycles. The number of hydrogen-bond acceptors (Lipinski definition) is 4. The summed E-state index contributed by atoms with van der Waals surface area (Å²) in [4.78, 5) is 15.9. The van der Waals surface area contributed by atoms with Crippen LogP contribution in [-0.4, -0.2) is 30.2 Å². The van der Waals surface area contributed by atoms with Crippen LogP contribution in [0.25, 0.3) is 0 Å². The molecule has 0 spiro atoms. The molecule has 1 heterocycles. The molecule has 0 saturated carbocycles. The van der Waals surface area contributed by atoms with Gasteiger partial charge < -0.3 is 0 Å². The zero-order valence-corrected chi connectivity index (χ0v) is 7.24. The molecule has 0 aromatic rings. The minimum absolute atomic E-state index is 0.0724. The number of nitrogens with one attached hydrogen (secondary N) is 2. The van der Waals surface area contributed by atoms with Gasteiger partial charge in [-0.3, -0.25) is 14.9 Å². The van der Waals surface area contributed by atoms with Gasteiger partial charge in [0.15, 0.2) is 0 Å². The smallest absolute Gasteiger partial charge is 0.261 e. The summed E-state index contributed by atoms with van der Waals surface area (Å²) in [6.45, 7) is 2.34. The highest BCUT2D eigenvalue weighted by molar-refractivity contribution is 7.99. The molecule has 1 rings (SSSR count). The quantitative estimate of drug-likeness (QED) is 0.581. The number of amides is 1. The summed E-state index contributed by atoms with van der Waals surface area (Å²) in [6.07, 6.45) is 0. The van der Waals surface area contributed by atoms with E-state index in [0.717, 1.165) is 11.6 Å². The second-order valence-electron chi connectivity index (χ2n) is 2.17. The van der Waals surface area contributed by atoms with E-state index in [1.54, 1.807) is 11.8 Å². The molecule has 11 heavy (non-hydrogen) atoms. The van der Waals surface area contributed by atoms with Crippen LogP contribution >= 0.6 is 11.8 Å². The largest absolute Gasteiger partial charge is 0.296 e. The minimum Gasteiger partial charge on any atom is -0.296 e. The van der Waals surface area contributed by atoms with Crippen molar-refractivity contribution in [1.82, 2.24) is 10.8 Å². The highest BCUT2D eigenvalue weighted by Crippen LogP contribution is 2.08. The third-order valence-corrected chi connectivity index (χ3v) is 2.29. The van der Waals surface area contributed by atoms with Gasteiger partial charge in [0.2, 0.25) is 0 Å². The second kappa shape index (κ2) is 4.58. The minimum atomic E-state index is -0.0773. The third-order valence-electron chi connectivity index (χ3n) is 1.35. The van der Waals surface area contributed by atoms with E-state index < -0.39 is 0 Å². The number of carbonyl (C=O) groups is 1. The van der Waals surface area contributed by atoms with Gasteiger partial charge in [0.1, 0.15) is 0 Å². The molecule has 4 nitrogen and oxygen atoms in total. The van der Waals surface area contributed by atoms with Gasteiger partial charge in [0.25, 0.3) is 5.91 Å². The first-order valence-corrected chi connectivity index (χ1v) is 4.73. The normalized spacial score (nSPS) is 23.5. The summed E-state index contributed by atoms with van der Waals surface area (Å²) in [5.41, 5.74) is 2.36. The third kappa shape index (κ3) is 2.69. The van der Waals surface area contributed by atoms with Crippen molar-refractivity contribution < 1.29 is 9.63 Å². The Hall–Kier alpha value is -0.260. The average molecular weight is 176 g/mol. The molecule has 1 atom stereocenters. The fourth-order valence-electron chi connectivity index (χ4n) is 0.778. The van der Waals surface area contributed by atoms with Crippen LogP contribution < -0.4 is 10.8 Å². The Morgan fingerprint density at radius 3 is 3.27 bits per heavy atom. The molecule has 1 saturated heterocycles. The van der Waals surface area contributed by atoms with Crippen molar-refractivity contribution in [3.8, 4) is 0 Å². The standard InChI is InChI=1S/C6H12N2O2S/c1-2-10-8-6(9)5-3-11-4-7-5/h5,7H,2-4H2,1H3,(H,8,9). The van der Waals surface area contributed by atoms with E-state index in [1.807, 2.05) is 6.92 Å². The van der Waals surface area contributed by atoms with Gasteiger partial charge >= 0.3 is 0 Å². The zero-order chi connectivity index (χ0) is 8.10. The molecule has 1 unspecified atom stereocenters. The van der Waals surface area contributed by atoms with Gasteiger partial charge in [-0.15, -0.1) is 11.8 Å². The highest BCUT2D eigenvalue weighted by Gasteiger charge is 2.21. The Balaban J connectivity index is 2.17. The predicted octanol–water partition coefficient (Wildman–Crippen LogP) is -0.283. The molecular weight excluding hydrogens is 164 g/mol. The van der Waals surface area contributed by atoms with Crippen molar-refractivity contribution in [2.75, 3.05) is 18.2 Å². The van der Waals surface area contributed by atoms with E-state index in [1.165, 1.54) is 0 Å². The summed E-state index contributed by atoms with van der Waals surface area (Å²) in [5, 5.41) is 3.04. The first kappa shape index (κ1) is 8.83. The van der Waals surface area contributed by atoms with E-state index >= 15 is 0 Å². The van der Waals surface area contributed by atoms with Crippen molar-refractivity contribution >= 4 is 17.7 Å². The van der Waals surface area contributed by atoms with E-state index in [9.17, 15) is 4.79 Å². The maximum atomic E-state index is 11.1. The lowest BCUT2D eigenvalue weighted by molar-refractivity contribution is -0.134. The van der Waals surface area contributed by atoms with E-state index in [0.29, 0.717) is 6.61 Å². The second-order valence-corrected chi connectivity index (χ2v) is 3.20. The fraction of sp³-hybridized carbons (Fsp3) is 0.833. The van der Waals surface area contributed by atoms with Crippen LogP contribution in [0.5, 0.6) is 0 Å². The van der Waals surface area contributed by atoms with Gasteiger partial charge in [-0.2, -0.15) is 0 Å². The molecule has 2 N–H and O–H groups in total. The Morgan fingerprint density at radius 2 is 2.73 bits per heavy atom. The maximum absolute atomic E-state index is 11.1. The first-order chi connectivity index (χ1) is 5.34. The Labute approximate surface area is 70.0 Å². The van der Waals surface area contributed by atoms with Crippen LogP contribution in [0.4, 0.5) is 0 Å². The molecule has 0 aromatic carbocycles. The van der Waals surface area contributed by atoms with Crippen molar-refractivity contribution in [2.24, 2.45) is 0 Å². The van der Waals surface area contributed by atoms with Crippen molar-refractivity contribution in [3.63, 3.8) is 0 Å². The summed E-state index contributed by atoms with van der Waals surface area (Å²) >= 11 is 1.72. The molecular formula is C6H12N2O2S. The summed E-state index contributed by atoms with van der Waals surface area (Å²) in [7, 11) is 0. The number of hydrogen-bond donors (Lipinski definition) is 2. The molecule has 0 radical (unpaired) electrons. The summed E-state index contributed by atoms with van der Waals surface area (Å²) in [6, 6.07) is -0.0773. The van der Waals surface area contributed by atoms with Gasteiger partial charge in [0.05, 0.1) is 12.6 Å². The molecule has 1 fully saturated rings. The monoisotopic (exact) mass is 176 g/mol. The molecule has 0 aromatic heterocycles. The van der Waals surface area contributed by atoms with Crippen LogP contribution in [0, 0.1) is 0 Å². The van der Waals surface area contributed by atoms with Gasteiger partial charge in [0, 0.05) is 11.6 Å². The fourth-order valence-corrected chi connectivity index (χ4v) is 1.72. The molecule has 0 aliphatic carbocycles. The molecule has 64 valence electrons. The topological polar surface area (TPSA) is 50.4 Å². The number of carbonyl (C=O) groups excluding carboxylic acids is 1. The Morgan fingerprint density at radius 1 is 1.91 bits per heavy atom. The van der Waals surface area contributed by atoms with Crippen molar-refractivity contribution in [2.45, 2.75) is 13.0 Å².